The van der Waals surface area contributed by atoms with Crippen LogP contribution in [-0.2, 0) is 4.74 Å². The van der Waals surface area contributed by atoms with Crippen LogP contribution in [0.15, 0.2) is 0 Å². The van der Waals surface area contributed by atoms with Gasteiger partial charge in [-0.15, -0.1) is 0 Å². The molecule has 0 aromatic carbocycles. The molecule has 0 spiro atoms. The number of hydrogen-bond donors (Lipinski definition) is 0. The molecule has 1 rings (SSSR count). The number of rotatable bonds is 2. The summed E-state index contributed by atoms with van der Waals surface area (Å²) in [5, 5.41) is 0. The molecule has 12 heavy (non-hydrogen) atoms. The van der Waals surface area contributed by atoms with Crippen LogP contribution in [0, 0.1) is 10.8 Å². The third-order valence-electron chi connectivity index (χ3n) is 3.70. The summed E-state index contributed by atoms with van der Waals surface area (Å²) in [5.74, 6) is 0. The SMILES string of the molecule is CCCC1(C)CCOCC1(C)C. The predicted octanol–water partition coefficient (Wildman–Crippen LogP) is 3.24. The van der Waals surface area contributed by atoms with E-state index >= 15 is 0 Å². The first-order valence-corrected chi connectivity index (χ1v) is 5.10. The smallest absolute Gasteiger partial charge is 0.0522 e. The van der Waals surface area contributed by atoms with E-state index in [2.05, 4.69) is 27.7 Å². The highest BCUT2D eigenvalue weighted by molar-refractivity contribution is 4.91. The summed E-state index contributed by atoms with van der Waals surface area (Å²) in [6, 6.07) is 0. The lowest BCUT2D eigenvalue weighted by Gasteiger charge is -2.48. The van der Waals surface area contributed by atoms with Crippen molar-refractivity contribution in [2.45, 2.75) is 47.0 Å². The second-order valence-electron chi connectivity index (χ2n) is 5.00. The Kier molecular flexibility index (Phi) is 2.82. The third kappa shape index (κ3) is 1.66. The Balaban J connectivity index is 2.69. The molecule has 1 heteroatoms. The minimum Gasteiger partial charge on any atom is -0.381 e. The molecule has 0 amide bonds. The molecule has 1 heterocycles. The summed E-state index contributed by atoms with van der Waals surface area (Å²) >= 11 is 0. The van der Waals surface area contributed by atoms with E-state index in [1.807, 2.05) is 0 Å². The molecule has 1 aliphatic heterocycles. The monoisotopic (exact) mass is 170 g/mol. The van der Waals surface area contributed by atoms with Gasteiger partial charge in [-0.1, -0.05) is 34.1 Å². The summed E-state index contributed by atoms with van der Waals surface area (Å²) in [6.45, 7) is 11.3. The van der Waals surface area contributed by atoms with E-state index < -0.39 is 0 Å². The van der Waals surface area contributed by atoms with Crippen molar-refractivity contribution in [1.29, 1.82) is 0 Å². The highest BCUT2D eigenvalue weighted by Crippen LogP contribution is 2.47. The molecule has 0 aliphatic carbocycles. The highest BCUT2D eigenvalue weighted by atomic mass is 16.5. The van der Waals surface area contributed by atoms with Gasteiger partial charge in [-0.3, -0.25) is 0 Å². The van der Waals surface area contributed by atoms with Gasteiger partial charge in [-0.05, 0) is 23.7 Å². The van der Waals surface area contributed by atoms with Gasteiger partial charge in [0.25, 0.3) is 0 Å². The zero-order valence-electron chi connectivity index (χ0n) is 8.94. The van der Waals surface area contributed by atoms with Crippen molar-refractivity contribution < 1.29 is 4.74 Å². The van der Waals surface area contributed by atoms with Crippen molar-refractivity contribution in [1.82, 2.24) is 0 Å². The van der Waals surface area contributed by atoms with Gasteiger partial charge in [0.05, 0.1) is 6.61 Å². The number of hydrogen-bond acceptors (Lipinski definition) is 1. The maximum absolute atomic E-state index is 5.53. The molecule has 0 aromatic rings. The minimum atomic E-state index is 0.362. The Morgan fingerprint density at radius 1 is 1.25 bits per heavy atom. The molecule has 1 nitrogen and oxygen atoms in total. The Labute approximate surface area is 76.5 Å². The van der Waals surface area contributed by atoms with Gasteiger partial charge in [-0.25, -0.2) is 0 Å². The van der Waals surface area contributed by atoms with Crippen LogP contribution in [0.25, 0.3) is 0 Å². The Morgan fingerprint density at radius 3 is 2.42 bits per heavy atom. The average molecular weight is 170 g/mol. The van der Waals surface area contributed by atoms with Gasteiger partial charge in [0.2, 0.25) is 0 Å². The van der Waals surface area contributed by atoms with Gasteiger partial charge in [0.1, 0.15) is 0 Å². The minimum absolute atomic E-state index is 0.362. The quantitative estimate of drug-likeness (QED) is 0.618. The van der Waals surface area contributed by atoms with Crippen molar-refractivity contribution >= 4 is 0 Å². The molecule has 1 saturated heterocycles. The highest BCUT2D eigenvalue weighted by Gasteiger charge is 2.42. The Bertz CT molecular complexity index is 147. The standard InChI is InChI=1S/C11H22O/c1-5-6-11(4)7-8-12-9-10(11,2)3/h5-9H2,1-4H3. The largest absolute Gasteiger partial charge is 0.381 e. The molecular formula is C11H22O. The van der Waals surface area contributed by atoms with E-state index in [4.69, 9.17) is 4.74 Å². The van der Waals surface area contributed by atoms with Crippen molar-refractivity contribution in [3.63, 3.8) is 0 Å². The summed E-state index contributed by atoms with van der Waals surface area (Å²) in [6.07, 6.45) is 3.86. The van der Waals surface area contributed by atoms with E-state index in [1.165, 1.54) is 19.3 Å². The fourth-order valence-corrected chi connectivity index (χ4v) is 2.15. The Hall–Kier alpha value is -0.0400. The molecule has 1 aliphatic rings. The van der Waals surface area contributed by atoms with Crippen LogP contribution in [0.2, 0.25) is 0 Å². The average Bonchev–Trinajstić information content (AvgIpc) is 1.96. The molecule has 0 bridgehead atoms. The summed E-state index contributed by atoms with van der Waals surface area (Å²) in [4.78, 5) is 0. The zero-order valence-corrected chi connectivity index (χ0v) is 8.94. The second-order valence-corrected chi connectivity index (χ2v) is 5.00. The van der Waals surface area contributed by atoms with E-state index in [0.29, 0.717) is 10.8 Å². The van der Waals surface area contributed by atoms with Crippen LogP contribution in [0.1, 0.15) is 47.0 Å². The molecule has 72 valence electrons. The lowest BCUT2D eigenvalue weighted by molar-refractivity contribution is -0.0885. The lowest BCUT2D eigenvalue weighted by Crippen LogP contribution is -2.43. The lowest BCUT2D eigenvalue weighted by atomic mass is 9.62. The van der Waals surface area contributed by atoms with Crippen LogP contribution < -0.4 is 0 Å². The van der Waals surface area contributed by atoms with E-state index in [9.17, 15) is 0 Å². The first-order chi connectivity index (χ1) is 5.52. The van der Waals surface area contributed by atoms with Crippen molar-refractivity contribution in [3.8, 4) is 0 Å². The molecule has 1 fully saturated rings. The van der Waals surface area contributed by atoms with Gasteiger partial charge >= 0.3 is 0 Å². The molecule has 1 unspecified atom stereocenters. The van der Waals surface area contributed by atoms with Gasteiger partial charge in [0, 0.05) is 6.61 Å². The van der Waals surface area contributed by atoms with Crippen LogP contribution in [0.3, 0.4) is 0 Å². The van der Waals surface area contributed by atoms with Crippen LogP contribution in [0.5, 0.6) is 0 Å². The number of ether oxygens (including phenoxy) is 1. The van der Waals surface area contributed by atoms with E-state index in [0.717, 1.165) is 13.2 Å². The maximum Gasteiger partial charge on any atom is 0.0522 e. The summed E-state index contributed by atoms with van der Waals surface area (Å²) in [5.41, 5.74) is 0.862. The van der Waals surface area contributed by atoms with Gasteiger partial charge in [-0.2, -0.15) is 0 Å². The zero-order chi connectivity index (χ0) is 9.24. The molecule has 1 atom stereocenters. The molecule has 0 N–H and O–H groups in total. The Morgan fingerprint density at radius 2 is 1.92 bits per heavy atom. The van der Waals surface area contributed by atoms with E-state index in [1.54, 1.807) is 0 Å². The summed E-state index contributed by atoms with van der Waals surface area (Å²) < 4.78 is 5.53. The normalized spacial score (nSPS) is 35.0. The first-order valence-electron chi connectivity index (χ1n) is 5.10. The predicted molar refractivity (Wildman–Crippen MR) is 52.2 cm³/mol. The van der Waals surface area contributed by atoms with Crippen molar-refractivity contribution in [3.05, 3.63) is 0 Å². The van der Waals surface area contributed by atoms with Crippen molar-refractivity contribution in [2.75, 3.05) is 13.2 Å². The first kappa shape index (κ1) is 10.0. The topological polar surface area (TPSA) is 9.23 Å². The second kappa shape index (κ2) is 3.37. The van der Waals surface area contributed by atoms with E-state index in [-0.39, 0.29) is 0 Å². The molecule has 0 radical (unpaired) electrons. The maximum atomic E-state index is 5.53. The fourth-order valence-electron chi connectivity index (χ4n) is 2.15. The summed E-state index contributed by atoms with van der Waals surface area (Å²) in [7, 11) is 0. The van der Waals surface area contributed by atoms with Gasteiger partial charge in [0.15, 0.2) is 0 Å². The fraction of sp³-hybridized carbons (Fsp3) is 1.00. The van der Waals surface area contributed by atoms with Crippen LogP contribution in [0.4, 0.5) is 0 Å². The third-order valence-corrected chi connectivity index (χ3v) is 3.70. The molecule has 0 saturated carbocycles. The van der Waals surface area contributed by atoms with Gasteiger partial charge < -0.3 is 4.74 Å². The van der Waals surface area contributed by atoms with Crippen LogP contribution in [-0.4, -0.2) is 13.2 Å². The molecular weight excluding hydrogens is 148 g/mol. The van der Waals surface area contributed by atoms with Crippen molar-refractivity contribution in [2.24, 2.45) is 10.8 Å². The van der Waals surface area contributed by atoms with Crippen LogP contribution >= 0.6 is 0 Å². The molecule has 0 aromatic heterocycles.